The first-order chi connectivity index (χ1) is 12.7. The molecule has 26 heavy (non-hydrogen) atoms. The zero-order valence-corrected chi connectivity index (χ0v) is 14.6. The number of hydrogen-bond donors (Lipinski definition) is 1. The molecule has 4 rings (SSSR count). The lowest BCUT2D eigenvalue weighted by Gasteiger charge is -2.17. The van der Waals surface area contributed by atoms with Gasteiger partial charge in [-0.3, -0.25) is 4.79 Å². The van der Waals surface area contributed by atoms with Crippen LogP contribution in [0.1, 0.15) is 34.5 Å². The molecular formula is C21H20N4O. The van der Waals surface area contributed by atoms with Gasteiger partial charge in [0.05, 0.1) is 11.6 Å². The summed E-state index contributed by atoms with van der Waals surface area (Å²) in [7, 11) is 0. The highest BCUT2D eigenvalue weighted by Gasteiger charge is 2.25. The van der Waals surface area contributed by atoms with Gasteiger partial charge in [0, 0.05) is 24.6 Å². The Morgan fingerprint density at radius 2 is 1.73 bits per heavy atom. The number of aromatic nitrogens is 2. The molecule has 2 heterocycles. The highest BCUT2D eigenvalue weighted by Crippen LogP contribution is 2.28. The van der Waals surface area contributed by atoms with Gasteiger partial charge in [0.1, 0.15) is 0 Å². The van der Waals surface area contributed by atoms with Gasteiger partial charge in [-0.2, -0.15) is 0 Å². The summed E-state index contributed by atoms with van der Waals surface area (Å²) in [6.45, 7) is 2.75. The highest BCUT2D eigenvalue weighted by molar-refractivity contribution is 6.06. The van der Waals surface area contributed by atoms with Crippen LogP contribution in [0.4, 0.5) is 11.6 Å². The van der Waals surface area contributed by atoms with Crippen LogP contribution in [0.5, 0.6) is 0 Å². The van der Waals surface area contributed by atoms with E-state index in [1.54, 1.807) is 17.3 Å². The average molecular weight is 344 g/mol. The Labute approximate surface area is 152 Å². The lowest BCUT2D eigenvalue weighted by atomic mass is 10.1. The summed E-state index contributed by atoms with van der Waals surface area (Å²) in [5.74, 6) is 0.456. The molecule has 5 nitrogen and oxygen atoms in total. The van der Waals surface area contributed by atoms with E-state index in [1.165, 1.54) is 5.56 Å². The number of anilines is 2. The summed E-state index contributed by atoms with van der Waals surface area (Å²) >= 11 is 0. The van der Waals surface area contributed by atoms with Gasteiger partial charge in [-0.25, -0.2) is 9.97 Å². The summed E-state index contributed by atoms with van der Waals surface area (Å²) in [4.78, 5) is 23.2. The fourth-order valence-corrected chi connectivity index (χ4v) is 3.24. The average Bonchev–Trinajstić information content (AvgIpc) is 3.13. The van der Waals surface area contributed by atoms with Crippen LogP contribution in [0, 0.1) is 0 Å². The molecule has 1 unspecified atom stereocenters. The molecule has 2 aromatic carbocycles. The van der Waals surface area contributed by atoms with Gasteiger partial charge in [-0.05, 0) is 30.5 Å². The molecular weight excluding hydrogens is 324 g/mol. The molecule has 0 spiro atoms. The predicted octanol–water partition coefficient (Wildman–Crippen LogP) is 3.85. The quantitative estimate of drug-likeness (QED) is 0.781. The second-order valence-corrected chi connectivity index (χ2v) is 6.41. The van der Waals surface area contributed by atoms with Crippen molar-refractivity contribution in [1.82, 2.24) is 9.97 Å². The van der Waals surface area contributed by atoms with E-state index in [-0.39, 0.29) is 11.9 Å². The van der Waals surface area contributed by atoms with Crippen molar-refractivity contribution in [2.24, 2.45) is 0 Å². The van der Waals surface area contributed by atoms with Crippen LogP contribution in [0.3, 0.4) is 0 Å². The maximum atomic E-state index is 12.8. The number of hydrogen-bond acceptors (Lipinski definition) is 4. The summed E-state index contributed by atoms with van der Waals surface area (Å²) in [5, 5.41) is 3.26. The predicted molar refractivity (Wildman–Crippen MR) is 102 cm³/mol. The van der Waals surface area contributed by atoms with E-state index in [9.17, 15) is 4.79 Å². The van der Waals surface area contributed by atoms with E-state index in [0.29, 0.717) is 18.1 Å². The van der Waals surface area contributed by atoms with E-state index < -0.39 is 0 Å². The molecule has 3 aromatic rings. The zero-order chi connectivity index (χ0) is 17.9. The van der Waals surface area contributed by atoms with E-state index in [0.717, 1.165) is 17.7 Å². The van der Waals surface area contributed by atoms with Crippen molar-refractivity contribution in [1.29, 1.82) is 0 Å². The van der Waals surface area contributed by atoms with Crippen molar-refractivity contribution in [3.63, 3.8) is 0 Å². The summed E-state index contributed by atoms with van der Waals surface area (Å²) < 4.78 is 0. The maximum absolute atomic E-state index is 12.8. The molecule has 1 N–H and O–H groups in total. The topological polar surface area (TPSA) is 58.1 Å². The smallest absolute Gasteiger partial charge is 0.261 e. The Kier molecular flexibility index (Phi) is 4.35. The molecule has 130 valence electrons. The summed E-state index contributed by atoms with van der Waals surface area (Å²) in [6.07, 6.45) is 4.07. The third-order valence-corrected chi connectivity index (χ3v) is 4.68. The molecule has 0 fully saturated rings. The third kappa shape index (κ3) is 3.16. The zero-order valence-electron chi connectivity index (χ0n) is 14.6. The molecule has 1 aliphatic rings. The van der Waals surface area contributed by atoms with Crippen molar-refractivity contribution in [3.05, 3.63) is 83.7 Å². The van der Waals surface area contributed by atoms with E-state index >= 15 is 0 Å². The highest BCUT2D eigenvalue weighted by atomic mass is 16.2. The van der Waals surface area contributed by atoms with Gasteiger partial charge in [-0.15, -0.1) is 0 Å². The molecule has 0 saturated heterocycles. The Morgan fingerprint density at radius 3 is 2.50 bits per heavy atom. The van der Waals surface area contributed by atoms with Crippen LogP contribution in [-0.4, -0.2) is 22.4 Å². The number of para-hydroxylation sites is 1. The fourth-order valence-electron chi connectivity index (χ4n) is 3.24. The maximum Gasteiger partial charge on any atom is 0.261 e. The largest absolute Gasteiger partial charge is 0.348 e. The number of amides is 1. The second kappa shape index (κ2) is 6.96. The fraction of sp³-hybridized carbons (Fsp3) is 0.190. The Bertz CT molecular complexity index is 909. The number of rotatable bonds is 4. The molecule has 0 bridgehead atoms. The Morgan fingerprint density at radius 1 is 1.04 bits per heavy atom. The van der Waals surface area contributed by atoms with Gasteiger partial charge in [0.2, 0.25) is 5.95 Å². The van der Waals surface area contributed by atoms with Gasteiger partial charge in [0.25, 0.3) is 5.91 Å². The first kappa shape index (κ1) is 16.3. The van der Waals surface area contributed by atoms with Crippen LogP contribution in [0.25, 0.3) is 0 Å². The number of carbonyl (C=O) groups excluding carboxylic acids is 1. The molecule has 1 aromatic heterocycles. The molecule has 0 aliphatic carbocycles. The van der Waals surface area contributed by atoms with Gasteiger partial charge in [-0.1, -0.05) is 48.5 Å². The minimum absolute atomic E-state index is 0.0578. The molecule has 1 aliphatic heterocycles. The molecule has 5 heteroatoms. The number of fused-ring (bicyclic) bond motifs is 1. The van der Waals surface area contributed by atoms with Gasteiger partial charge in [0.15, 0.2) is 0 Å². The third-order valence-electron chi connectivity index (χ3n) is 4.68. The molecule has 1 amide bonds. The van der Waals surface area contributed by atoms with Crippen molar-refractivity contribution in [3.8, 4) is 0 Å². The van der Waals surface area contributed by atoms with E-state index in [1.807, 2.05) is 36.4 Å². The van der Waals surface area contributed by atoms with Crippen LogP contribution in [0.15, 0.2) is 67.0 Å². The number of nitrogens with zero attached hydrogens (tertiary/aromatic N) is 3. The first-order valence-electron chi connectivity index (χ1n) is 8.75. The SMILES string of the molecule is CC(Nc1ncc(C(=O)N2CCc3ccccc32)cn1)c1ccccc1. The monoisotopic (exact) mass is 344 g/mol. The van der Waals surface area contributed by atoms with Crippen molar-refractivity contribution in [2.45, 2.75) is 19.4 Å². The van der Waals surface area contributed by atoms with Gasteiger partial charge < -0.3 is 10.2 Å². The van der Waals surface area contributed by atoms with E-state index in [4.69, 9.17) is 0 Å². The summed E-state index contributed by atoms with van der Waals surface area (Å²) in [5.41, 5.74) is 3.85. The standard InChI is InChI=1S/C21H20N4O/c1-15(16-7-3-2-4-8-16)24-21-22-13-18(14-23-21)20(26)25-12-11-17-9-5-6-10-19(17)25/h2-10,13-15H,11-12H2,1H3,(H,22,23,24). The number of benzene rings is 2. The minimum Gasteiger partial charge on any atom is -0.348 e. The lowest BCUT2D eigenvalue weighted by molar-refractivity contribution is 0.0988. The minimum atomic E-state index is -0.0578. The normalized spacial score (nSPS) is 14.0. The van der Waals surface area contributed by atoms with Crippen molar-refractivity contribution in [2.75, 3.05) is 16.8 Å². The second-order valence-electron chi connectivity index (χ2n) is 6.41. The van der Waals surface area contributed by atoms with Crippen molar-refractivity contribution < 1.29 is 4.79 Å². The lowest BCUT2D eigenvalue weighted by Crippen LogP contribution is -2.29. The molecule has 0 radical (unpaired) electrons. The number of carbonyl (C=O) groups is 1. The Hall–Kier alpha value is -3.21. The van der Waals surface area contributed by atoms with Gasteiger partial charge >= 0.3 is 0 Å². The van der Waals surface area contributed by atoms with Crippen LogP contribution < -0.4 is 10.2 Å². The molecule has 1 atom stereocenters. The Balaban J connectivity index is 1.47. The van der Waals surface area contributed by atoms with Crippen LogP contribution >= 0.6 is 0 Å². The van der Waals surface area contributed by atoms with E-state index in [2.05, 4.69) is 40.4 Å². The van der Waals surface area contributed by atoms with Crippen LogP contribution in [-0.2, 0) is 6.42 Å². The number of nitrogens with one attached hydrogen (secondary N) is 1. The van der Waals surface area contributed by atoms with Crippen molar-refractivity contribution >= 4 is 17.5 Å². The molecule has 0 saturated carbocycles. The first-order valence-corrected chi connectivity index (χ1v) is 8.75. The summed E-state index contributed by atoms with van der Waals surface area (Å²) in [6, 6.07) is 18.2. The van der Waals surface area contributed by atoms with Crippen LogP contribution in [0.2, 0.25) is 0 Å².